The molecule has 0 saturated carbocycles. The van der Waals surface area contributed by atoms with Gasteiger partial charge in [0, 0.05) is 5.56 Å². The number of anilines is 1. The molecule has 1 heterocycles. The minimum absolute atomic E-state index is 0.0995. The van der Waals surface area contributed by atoms with Crippen LogP contribution in [0.2, 0.25) is 0 Å². The number of hydrogen-bond acceptors (Lipinski definition) is 7. The summed E-state index contributed by atoms with van der Waals surface area (Å²) in [7, 11) is -3.88. The second-order valence-corrected chi connectivity index (χ2v) is 8.70. The number of rotatable bonds is 8. The van der Waals surface area contributed by atoms with Gasteiger partial charge < -0.3 is 4.74 Å². The summed E-state index contributed by atoms with van der Waals surface area (Å²) in [6, 6.07) is 17.1. The molecular weight excluding hydrogens is 400 g/mol. The molecule has 0 aliphatic carbocycles. The summed E-state index contributed by atoms with van der Waals surface area (Å²) in [5.41, 5.74) is 0.437. The fraction of sp³-hybridized carbons (Fsp3) is 0.167. The molecule has 0 aliphatic heterocycles. The Morgan fingerprint density at radius 3 is 2.39 bits per heavy atom. The summed E-state index contributed by atoms with van der Waals surface area (Å²) in [5.74, 6) is 0.258. The zero-order valence-corrected chi connectivity index (χ0v) is 16.5. The Morgan fingerprint density at radius 2 is 1.71 bits per heavy atom. The largest absolute Gasteiger partial charge is 0.492 e. The van der Waals surface area contributed by atoms with E-state index in [4.69, 9.17) is 4.74 Å². The van der Waals surface area contributed by atoms with Gasteiger partial charge in [-0.1, -0.05) is 47.7 Å². The van der Waals surface area contributed by atoms with Crippen LogP contribution in [0.3, 0.4) is 0 Å². The molecule has 0 unspecified atom stereocenters. The molecule has 1 atom stereocenters. The van der Waals surface area contributed by atoms with Crippen molar-refractivity contribution in [3.8, 4) is 5.75 Å². The maximum absolute atomic E-state index is 12.5. The number of hydrogen-bond donors (Lipinski definition) is 2. The van der Waals surface area contributed by atoms with Gasteiger partial charge in [0.25, 0.3) is 15.9 Å². The van der Waals surface area contributed by atoms with Crippen molar-refractivity contribution in [3.05, 3.63) is 66.2 Å². The van der Waals surface area contributed by atoms with Gasteiger partial charge in [0.2, 0.25) is 9.47 Å². The highest BCUT2D eigenvalue weighted by Crippen LogP contribution is 2.21. The molecule has 1 aromatic heterocycles. The summed E-state index contributed by atoms with van der Waals surface area (Å²) in [5, 5.41) is 10.0. The number of aromatic nitrogens is 2. The van der Waals surface area contributed by atoms with Crippen molar-refractivity contribution < 1.29 is 17.9 Å². The Bertz CT molecular complexity index is 1020. The fourth-order valence-corrected chi connectivity index (χ4v) is 4.35. The lowest BCUT2D eigenvalue weighted by molar-refractivity contribution is 0.102. The van der Waals surface area contributed by atoms with Crippen molar-refractivity contribution in [3.63, 3.8) is 0 Å². The number of amides is 1. The van der Waals surface area contributed by atoms with Crippen molar-refractivity contribution in [2.45, 2.75) is 17.3 Å². The Morgan fingerprint density at radius 1 is 1.07 bits per heavy atom. The van der Waals surface area contributed by atoms with Crippen molar-refractivity contribution in [1.82, 2.24) is 14.9 Å². The molecule has 2 N–H and O–H groups in total. The standard InChI is InChI=1S/C18H18N4O4S2/c1-13(12-26-15-10-6-3-7-11-15)22-28(24,25)18-21-20-17(27-18)19-16(23)14-8-4-2-5-9-14/h2-11,13,22H,12H2,1H3,(H,19,20,23)/t13-/m1/s1. The van der Waals surface area contributed by atoms with E-state index in [9.17, 15) is 13.2 Å². The van der Waals surface area contributed by atoms with E-state index in [2.05, 4.69) is 20.2 Å². The summed E-state index contributed by atoms with van der Waals surface area (Å²) >= 11 is 0.774. The van der Waals surface area contributed by atoms with Gasteiger partial charge in [-0.25, -0.2) is 13.1 Å². The number of para-hydroxylation sites is 1. The number of ether oxygens (including phenoxy) is 1. The summed E-state index contributed by atoms with van der Waals surface area (Å²) in [4.78, 5) is 12.1. The van der Waals surface area contributed by atoms with Crippen LogP contribution in [0.1, 0.15) is 17.3 Å². The zero-order valence-electron chi connectivity index (χ0n) is 14.9. The monoisotopic (exact) mass is 418 g/mol. The summed E-state index contributed by atoms with van der Waals surface area (Å²) in [6.45, 7) is 1.83. The Hall–Kier alpha value is -2.82. The first-order valence-electron chi connectivity index (χ1n) is 8.34. The van der Waals surface area contributed by atoms with Gasteiger partial charge >= 0.3 is 0 Å². The highest BCUT2D eigenvalue weighted by atomic mass is 32.2. The predicted octanol–water partition coefficient (Wildman–Crippen LogP) is 2.54. The van der Waals surface area contributed by atoms with Crippen LogP contribution < -0.4 is 14.8 Å². The van der Waals surface area contributed by atoms with Crippen LogP contribution in [0, 0.1) is 0 Å². The first-order valence-corrected chi connectivity index (χ1v) is 10.6. The average molecular weight is 419 g/mol. The molecule has 2 aromatic carbocycles. The van der Waals surface area contributed by atoms with E-state index >= 15 is 0 Å². The van der Waals surface area contributed by atoms with Gasteiger partial charge in [-0.05, 0) is 31.2 Å². The second kappa shape index (κ2) is 8.91. The number of carbonyl (C=O) groups is 1. The minimum atomic E-state index is -3.88. The average Bonchev–Trinajstić information content (AvgIpc) is 3.17. The number of sulfonamides is 1. The lowest BCUT2D eigenvalue weighted by atomic mass is 10.2. The Labute approximate surface area is 166 Å². The number of benzene rings is 2. The van der Waals surface area contributed by atoms with Gasteiger partial charge in [0.05, 0.1) is 6.04 Å². The van der Waals surface area contributed by atoms with Crippen LogP contribution in [0.4, 0.5) is 5.13 Å². The number of nitrogens with one attached hydrogen (secondary N) is 2. The Balaban J connectivity index is 1.59. The first kappa shape index (κ1) is 19.9. The van der Waals surface area contributed by atoms with E-state index in [1.165, 1.54) is 0 Å². The molecule has 28 heavy (non-hydrogen) atoms. The minimum Gasteiger partial charge on any atom is -0.492 e. The van der Waals surface area contributed by atoms with Gasteiger partial charge in [-0.15, -0.1) is 10.2 Å². The van der Waals surface area contributed by atoms with Crippen LogP contribution in [-0.4, -0.2) is 37.2 Å². The molecular formula is C18H18N4O4S2. The van der Waals surface area contributed by atoms with Crippen LogP contribution in [0.25, 0.3) is 0 Å². The third-order valence-corrected chi connectivity index (χ3v) is 6.29. The molecule has 146 valence electrons. The summed E-state index contributed by atoms with van der Waals surface area (Å²) < 4.78 is 32.7. The van der Waals surface area contributed by atoms with E-state index in [1.54, 1.807) is 49.4 Å². The normalized spacial score (nSPS) is 12.3. The van der Waals surface area contributed by atoms with Gasteiger partial charge in [-0.3, -0.25) is 10.1 Å². The lowest BCUT2D eigenvalue weighted by Gasteiger charge is -2.13. The molecule has 0 radical (unpaired) electrons. The molecule has 3 aromatic rings. The second-order valence-electron chi connectivity index (χ2n) is 5.84. The quantitative estimate of drug-likeness (QED) is 0.544. The van der Waals surface area contributed by atoms with Gasteiger partial charge in [0.15, 0.2) is 0 Å². The third kappa shape index (κ3) is 5.35. The lowest BCUT2D eigenvalue weighted by Crippen LogP contribution is -2.36. The Kier molecular flexibility index (Phi) is 6.34. The predicted molar refractivity (Wildman–Crippen MR) is 106 cm³/mol. The van der Waals surface area contributed by atoms with Crippen LogP contribution in [-0.2, 0) is 10.0 Å². The smallest absolute Gasteiger partial charge is 0.270 e. The van der Waals surface area contributed by atoms with Crippen molar-refractivity contribution in [1.29, 1.82) is 0 Å². The fourth-order valence-electron chi connectivity index (χ4n) is 2.21. The first-order chi connectivity index (χ1) is 13.4. The third-order valence-electron chi connectivity index (χ3n) is 3.49. The SMILES string of the molecule is C[C@H](COc1ccccc1)NS(=O)(=O)c1nnc(NC(=O)c2ccccc2)s1. The topological polar surface area (TPSA) is 110 Å². The molecule has 0 saturated heterocycles. The van der Waals surface area contributed by atoms with E-state index in [0.717, 1.165) is 11.3 Å². The molecule has 0 fully saturated rings. The van der Waals surface area contributed by atoms with E-state index in [-0.39, 0.29) is 16.1 Å². The van der Waals surface area contributed by atoms with Crippen LogP contribution >= 0.6 is 11.3 Å². The van der Waals surface area contributed by atoms with Crippen LogP contribution in [0.15, 0.2) is 65.0 Å². The van der Waals surface area contributed by atoms with Gasteiger partial charge in [0.1, 0.15) is 12.4 Å². The highest BCUT2D eigenvalue weighted by molar-refractivity contribution is 7.91. The van der Waals surface area contributed by atoms with Gasteiger partial charge in [-0.2, -0.15) is 0 Å². The molecule has 0 aliphatic rings. The molecule has 0 bridgehead atoms. The molecule has 8 nitrogen and oxygen atoms in total. The van der Waals surface area contributed by atoms with E-state index in [0.29, 0.717) is 11.3 Å². The molecule has 0 spiro atoms. The molecule has 10 heteroatoms. The van der Waals surface area contributed by atoms with E-state index < -0.39 is 22.0 Å². The van der Waals surface area contributed by atoms with Crippen molar-refractivity contribution in [2.75, 3.05) is 11.9 Å². The maximum atomic E-state index is 12.5. The zero-order chi connectivity index (χ0) is 20.0. The van der Waals surface area contributed by atoms with Crippen LogP contribution in [0.5, 0.6) is 5.75 Å². The molecule has 3 rings (SSSR count). The van der Waals surface area contributed by atoms with E-state index in [1.807, 2.05) is 18.2 Å². The maximum Gasteiger partial charge on any atom is 0.270 e. The number of carbonyl (C=O) groups excluding carboxylic acids is 1. The number of nitrogens with zero attached hydrogens (tertiary/aromatic N) is 2. The van der Waals surface area contributed by atoms with Crippen molar-refractivity contribution in [2.24, 2.45) is 0 Å². The summed E-state index contributed by atoms with van der Waals surface area (Å²) in [6.07, 6.45) is 0. The van der Waals surface area contributed by atoms with Crippen molar-refractivity contribution >= 4 is 32.4 Å². The highest BCUT2D eigenvalue weighted by Gasteiger charge is 2.23. The molecule has 1 amide bonds.